The van der Waals surface area contributed by atoms with E-state index < -0.39 is 12.2 Å². The van der Waals surface area contributed by atoms with Crippen LogP contribution in [0.4, 0.5) is 0 Å². The number of rotatable bonds is 10. The van der Waals surface area contributed by atoms with Crippen LogP contribution in [-0.2, 0) is 19.1 Å². The summed E-state index contributed by atoms with van der Waals surface area (Å²) < 4.78 is 24.6. The Morgan fingerprint density at radius 2 is 1.90 bits per heavy atom. The Kier molecular flexibility index (Phi) is 9.08. The molecule has 39 heavy (non-hydrogen) atoms. The van der Waals surface area contributed by atoms with Crippen molar-refractivity contribution < 1.29 is 28.5 Å². The van der Waals surface area contributed by atoms with Crippen LogP contribution in [0.15, 0.2) is 36.4 Å². The molecule has 1 aliphatic heterocycles. The molecule has 4 rings (SSSR count). The molecule has 2 atom stereocenters. The van der Waals surface area contributed by atoms with Crippen LogP contribution >= 0.6 is 11.6 Å². The highest BCUT2D eigenvalue weighted by Gasteiger charge is 2.37. The van der Waals surface area contributed by atoms with E-state index in [0.717, 1.165) is 17.1 Å². The van der Waals surface area contributed by atoms with Crippen LogP contribution < -0.4 is 14.8 Å². The highest BCUT2D eigenvalue weighted by atomic mass is 35.5. The van der Waals surface area contributed by atoms with Gasteiger partial charge in [0.05, 0.1) is 33.4 Å². The molecule has 0 saturated heterocycles. The largest absolute Gasteiger partial charge is 0.493 e. The van der Waals surface area contributed by atoms with Crippen molar-refractivity contribution in [1.82, 2.24) is 20.1 Å². The number of carbonyl (C=O) groups is 2. The second-order valence-corrected chi connectivity index (χ2v) is 9.87. The minimum absolute atomic E-state index is 0.0149. The quantitative estimate of drug-likeness (QED) is 0.283. The summed E-state index contributed by atoms with van der Waals surface area (Å²) in [6.07, 6.45) is -0.749. The molecule has 0 radical (unpaired) electrons. The Morgan fingerprint density at radius 1 is 1.10 bits per heavy atom. The van der Waals surface area contributed by atoms with Gasteiger partial charge in [-0.2, -0.15) is 0 Å². The minimum atomic E-state index is -0.752. The lowest BCUT2D eigenvalue weighted by molar-refractivity contribution is -0.140. The van der Waals surface area contributed by atoms with E-state index >= 15 is 0 Å². The van der Waals surface area contributed by atoms with Crippen LogP contribution in [0.3, 0.4) is 0 Å². The fraction of sp³-hybridized carbons (Fsp3) is 0.429. The van der Waals surface area contributed by atoms with Gasteiger partial charge >= 0.3 is 5.97 Å². The number of amides is 1. The van der Waals surface area contributed by atoms with Gasteiger partial charge in [-0.3, -0.25) is 14.2 Å². The first kappa shape index (κ1) is 28.4. The minimum Gasteiger partial charge on any atom is -0.493 e. The number of nitrogens with zero attached hydrogens (tertiary/aromatic N) is 3. The molecule has 2 heterocycles. The molecule has 2 unspecified atom stereocenters. The molecule has 11 heteroatoms. The highest BCUT2D eigenvalue weighted by Crippen LogP contribution is 2.46. The summed E-state index contributed by atoms with van der Waals surface area (Å²) >= 11 is 6.49. The molecule has 0 bridgehead atoms. The van der Waals surface area contributed by atoms with E-state index in [-0.39, 0.29) is 30.6 Å². The number of benzene rings is 2. The Labute approximate surface area is 232 Å². The number of fused-ring (bicyclic) bond motifs is 3. The molecule has 0 saturated carbocycles. The second kappa shape index (κ2) is 12.5. The smallest absolute Gasteiger partial charge is 0.305 e. The number of halogens is 1. The van der Waals surface area contributed by atoms with Gasteiger partial charge in [0.15, 0.2) is 17.3 Å². The fourth-order valence-corrected chi connectivity index (χ4v) is 4.86. The van der Waals surface area contributed by atoms with E-state index in [1.54, 1.807) is 14.2 Å². The van der Waals surface area contributed by atoms with Crippen molar-refractivity contribution in [2.75, 3.05) is 27.9 Å². The fourth-order valence-electron chi connectivity index (χ4n) is 4.68. The Hall–Kier alpha value is -3.63. The molecule has 0 aliphatic carbocycles. The topological polar surface area (TPSA) is 114 Å². The average molecular weight is 557 g/mol. The van der Waals surface area contributed by atoms with Crippen LogP contribution in [0.2, 0.25) is 5.02 Å². The van der Waals surface area contributed by atoms with E-state index in [1.807, 2.05) is 54.8 Å². The van der Waals surface area contributed by atoms with Crippen molar-refractivity contribution >= 4 is 23.5 Å². The third kappa shape index (κ3) is 6.02. The maximum Gasteiger partial charge on any atom is 0.305 e. The van der Waals surface area contributed by atoms with Crippen molar-refractivity contribution in [3.63, 3.8) is 0 Å². The van der Waals surface area contributed by atoms with Gasteiger partial charge in [0.2, 0.25) is 5.91 Å². The first-order valence-corrected chi connectivity index (χ1v) is 13.1. The summed E-state index contributed by atoms with van der Waals surface area (Å²) in [7, 11) is 4.48. The number of carbonyl (C=O) groups excluding carboxylic acids is 2. The first-order chi connectivity index (χ1) is 18.8. The number of hydrogen-bond donors (Lipinski definition) is 1. The zero-order valence-electron chi connectivity index (χ0n) is 22.7. The summed E-state index contributed by atoms with van der Waals surface area (Å²) in [6, 6.07) is 11.1. The zero-order chi connectivity index (χ0) is 28.1. The van der Waals surface area contributed by atoms with Crippen molar-refractivity contribution in [2.24, 2.45) is 0 Å². The molecule has 2 aromatic carbocycles. The van der Waals surface area contributed by atoms with E-state index in [1.165, 1.54) is 7.11 Å². The van der Waals surface area contributed by atoms with Crippen LogP contribution in [0.1, 0.15) is 74.0 Å². The van der Waals surface area contributed by atoms with Crippen molar-refractivity contribution in [3.8, 4) is 17.2 Å². The number of ether oxygens (including phenoxy) is 4. The molecule has 1 amide bonds. The first-order valence-electron chi connectivity index (χ1n) is 12.7. The molecule has 1 aliphatic rings. The Morgan fingerprint density at radius 3 is 2.59 bits per heavy atom. The molecular formula is C28H33ClN4O6. The van der Waals surface area contributed by atoms with Gasteiger partial charge in [-0.05, 0) is 30.7 Å². The lowest BCUT2D eigenvalue weighted by atomic mass is 9.98. The van der Waals surface area contributed by atoms with E-state index in [9.17, 15) is 9.59 Å². The summed E-state index contributed by atoms with van der Waals surface area (Å²) in [5.74, 6) is 1.79. The SMILES string of the molecule is COC(=O)CCCNC(=O)CC1OC(c2cccc(OC)c2OC)c2cc(Cl)ccc2-n2c(C(C)C)nnc21. The molecule has 208 valence electrons. The molecule has 0 spiro atoms. The molecule has 10 nitrogen and oxygen atoms in total. The number of hydrogen-bond acceptors (Lipinski definition) is 8. The summed E-state index contributed by atoms with van der Waals surface area (Å²) in [6.45, 7) is 4.39. The lowest BCUT2D eigenvalue weighted by Crippen LogP contribution is -2.28. The van der Waals surface area contributed by atoms with Crippen molar-refractivity contribution in [2.45, 2.75) is 51.2 Å². The zero-order valence-corrected chi connectivity index (χ0v) is 23.4. The van der Waals surface area contributed by atoms with Gasteiger partial charge < -0.3 is 24.3 Å². The van der Waals surface area contributed by atoms with E-state index in [0.29, 0.717) is 40.9 Å². The number of methoxy groups -OCH3 is 3. The van der Waals surface area contributed by atoms with Crippen LogP contribution in [0, 0.1) is 0 Å². The second-order valence-electron chi connectivity index (χ2n) is 9.43. The predicted octanol–water partition coefficient (Wildman–Crippen LogP) is 4.68. The normalized spacial score (nSPS) is 16.2. The molecule has 3 aromatic rings. The van der Waals surface area contributed by atoms with Gasteiger partial charge in [0, 0.05) is 35.0 Å². The summed E-state index contributed by atoms with van der Waals surface area (Å²) in [5, 5.41) is 12.3. The number of para-hydroxylation sites is 1. The predicted molar refractivity (Wildman–Crippen MR) is 145 cm³/mol. The number of aromatic nitrogens is 3. The van der Waals surface area contributed by atoms with Crippen LogP contribution in [0.5, 0.6) is 11.5 Å². The average Bonchev–Trinajstić information content (AvgIpc) is 3.33. The van der Waals surface area contributed by atoms with E-state index in [2.05, 4.69) is 20.3 Å². The lowest BCUT2D eigenvalue weighted by Gasteiger charge is -2.25. The molecular weight excluding hydrogens is 524 g/mol. The summed E-state index contributed by atoms with van der Waals surface area (Å²) in [4.78, 5) is 24.5. The highest BCUT2D eigenvalue weighted by molar-refractivity contribution is 6.30. The van der Waals surface area contributed by atoms with Crippen molar-refractivity contribution in [3.05, 3.63) is 64.2 Å². The third-order valence-corrected chi connectivity index (χ3v) is 6.76. The standard InChI is InChI=1S/C28H33ClN4O6/c1-16(2)27-31-32-28-22(15-23(34)30-13-7-10-24(35)37-4)39-25(18-8-6-9-21(36-3)26(18)38-5)19-14-17(29)11-12-20(19)33(27)28/h6,8-9,11-12,14,16,22,25H,7,10,13,15H2,1-5H3,(H,30,34). The van der Waals surface area contributed by atoms with Gasteiger partial charge in [-0.25, -0.2) is 0 Å². The van der Waals surface area contributed by atoms with E-state index in [4.69, 9.17) is 25.8 Å². The monoisotopic (exact) mass is 556 g/mol. The van der Waals surface area contributed by atoms with Gasteiger partial charge in [-0.15, -0.1) is 10.2 Å². The summed E-state index contributed by atoms with van der Waals surface area (Å²) in [5.41, 5.74) is 2.30. The third-order valence-electron chi connectivity index (χ3n) is 6.52. The van der Waals surface area contributed by atoms with Gasteiger partial charge in [0.25, 0.3) is 0 Å². The Balaban J connectivity index is 1.78. The van der Waals surface area contributed by atoms with Crippen LogP contribution in [0.25, 0.3) is 5.69 Å². The maximum absolute atomic E-state index is 13.1. The van der Waals surface area contributed by atoms with Gasteiger partial charge in [0.1, 0.15) is 18.0 Å². The maximum atomic E-state index is 13.1. The number of nitrogens with one attached hydrogen (secondary N) is 1. The molecule has 1 aromatic heterocycles. The van der Waals surface area contributed by atoms with Crippen LogP contribution in [-0.4, -0.2) is 54.5 Å². The van der Waals surface area contributed by atoms with Gasteiger partial charge in [-0.1, -0.05) is 37.6 Å². The molecule has 1 N–H and O–H groups in total. The molecule has 0 fully saturated rings. The number of esters is 1. The Bertz CT molecular complexity index is 1340. The van der Waals surface area contributed by atoms with Crippen molar-refractivity contribution in [1.29, 1.82) is 0 Å².